The maximum atomic E-state index is 12.7. The van der Waals surface area contributed by atoms with Crippen LogP contribution in [0.25, 0.3) is 0 Å². The van der Waals surface area contributed by atoms with E-state index in [1.807, 2.05) is 0 Å². The van der Waals surface area contributed by atoms with Crippen molar-refractivity contribution in [3.05, 3.63) is 0 Å². The third-order valence-electron chi connectivity index (χ3n) is 4.72. The summed E-state index contributed by atoms with van der Waals surface area (Å²) in [6.07, 6.45) is -6.78. The minimum absolute atomic E-state index is 0.205. The molecule has 152 valence electrons. The van der Waals surface area contributed by atoms with E-state index in [1.54, 1.807) is 13.8 Å². The van der Waals surface area contributed by atoms with Crippen molar-refractivity contribution in [1.82, 2.24) is 0 Å². The zero-order chi connectivity index (χ0) is 19.3. The van der Waals surface area contributed by atoms with Crippen molar-refractivity contribution >= 4 is 15.2 Å². The van der Waals surface area contributed by atoms with Crippen LogP contribution in [0.2, 0.25) is 0 Å². The Morgan fingerprint density at radius 2 is 1.12 bits per heavy atom. The van der Waals surface area contributed by atoms with Gasteiger partial charge in [-0.3, -0.25) is 18.2 Å². The van der Waals surface area contributed by atoms with Crippen molar-refractivity contribution in [3.63, 3.8) is 0 Å². The Labute approximate surface area is 152 Å². The summed E-state index contributed by atoms with van der Waals surface area (Å²) in [6, 6.07) is 0. The maximum Gasteiger partial charge on any atom is 0.328 e. The van der Waals surface area contributed by atoms with Gasteiger partial charge in [0.15, 0.2) is 0 Å². The Morgan fingerprint density at radius 3 is 1.46 bits per heavy atom. The molecule has 26 heavy (non-hydrogen) atoms. The summed E-state index contributed by atoms with van der Waals surface area (Å²) in [4.78, 5) is 0. The minimum Gasteiger partial charge on any atom is -0.388 e. The topological polar surface area (TPSA) is 130 Å². The fourth-order valence-electron chi connectivity index (χ4n) is 3.29. The Kier molecular flexibility index (Phi) is 6.03. The van der Waals surface area contributed by atoms with Gasteiger partial charge in [-0.15, -0.1) is 0 Å². The monoisotopic (exact) mass is 416 g/mol. The minimum atomic E-state index is -3.58. The first kappa shape index (κ1) is 20.9. The number of aliphatic hydroxyl groups is 2. The van der Waals surface area contributed by atoms with Gasteiger partial charge in [-0.2, -0.15) is 0 Å². The molecule has 0 radical (unpaired) electrons. The molecule has 0 bridgehead atoms. The van der Waals surface area contributed by atoms with Gasteiger partial charge < -0.3 is 28.7 Å². The molecular weight excluding hydrogens is 390 g/mol. The fraction of sp³-hybridized carbons (Fsp3) is 1.00. The molecule has 3 aliphatic rings. The van der Waals surface area contributed by atoms with E-state index in [1.165, 1.54) is 13.3 Å². The largest absolute Gasteiger partial charge is 0.388 e. The lowest BCUT2D eigenvalue weighted by molar-refractivity contribution is -0.0368. The molecule has 3 aliphatic heterocycles. The first-order chi connectivity index (χ1) is 12.0. The van der Waals surface area contributed by atoms with E-state index >= 15 is 0 Å². The van der Waals surface area contributed by atoms with Gasteiger partial charge in [0.2, 0.25) is 0 Å². The van der Waals surface area contributed by atoms with Gasteiger partial charge >= 0.3 is 15.2 Å². The standard InChI is InChI=1S/C14H26O10P2/c1-7-11(15)13-9(21-7)5-19-26(4,18)24-14-10(22-8(2)12(14)16)6-20-25(3,17)23-13/h7-16H,5-6H2,1-4H3/t7-,8-,9+,10+,11?,12?,13-,14-,25?,26?/m0/s1. The summed E-state index contributed by atoms with van der Waals surface area (Å²) >= 11 is 0. The fourth-order valence-corrected chi connectivity index (χ4v) is 5.65. The molecule has 0 aliphatic carbocycles. The summed E-state index contributed by atoms with van der Waals surface area (Å²) in [5.74, 6) is 0. The van der Waals surface area contributed by atoms with Gasteiger partial charge in [0.25, 0.3) is 0 Å². The van der Waals surface area contributed by atoms with Crippen LogP contribution in [0.15, 0.2) is 0 Å². The number of fused-ring (bicyclic) bond motifs is 2. The molecule has 3 fully saturated rings. The number of ether oxygens (including phenoxy) is 2. The van der Waals surface area contributed by atoms with Crippen LogP contribution in [0, 0.1) is 0 Å². The predicted molar refractivity (Wildman–Crippen MR) is 89.4 cm³/mol. The molecule has 0 aromatic rings. The van der Waals surface area contributed by atoms with Gasteiger partial charge in [0.05, 0.1) is 25.4 Å². The van der Waals surface area contributed by atoms with E-state index in [2.05, 4.69) is 0 Å². The van der Waals surface area contributed by atoms with Crippen molar-refractivity contribution < 1.29 is 46.9 Å². The first-order valence-corrected chi connectivity index (χ1v) is 12.4. The van der Waals surface area contributed by atoms with Crippen LogP contribution in [0.3, 0.4) is 0 Å². The molecule has 0 amide bonds. The highest BCUT2D eigenvalue weighted by molar-refractivity contribution is 7.53. The Bertz CT molecular complexity index is 563. The smallest absolute Gasteiger partial charge is 0.328 e. The third-order valence-corrected chi connectivity index (χ3v) is 7.21. The highest BCUT2D eigenvalue weighted by Crippen LogP contribution is 2.52. The van der Waals surface area contributed by atoms with Gasteiger partial charge in [0, 0.05) is 13.3 Å². The summed E-state index contributed by atoms with van der Waals surface area (Å²) in [7, 11) is -7.15. The summed E-state index contributed by atoms with van der Waals surface area (Å²) < 4.78 is 58.3. The van der Waals surface area contributed by atoms with Crippen LogP contribution in [0.5, 0.6) is 0 Å². The molecule has 0 saturated carbocycles. The zero-order valence-electron chi connectivity index (χ0n) is 15.1. The summed E-state index contributed by atoms with van der Waals surface area (Å²) in [5, 5.41) is 20.5. The summed E-state index contributed by atoms with van der Waals surface area (Å²) in [5.41, 5.74) is 0. The number of aliphatic hydroxyl groups excluding tert-OH is 2. The average molecular weight is 416 g/mol. The molecule has 2 N–H and O–H groups in total. The normalized spacial score (nSPS) is 56.2. The van der Waals surface area contributed by atoms with Crippen molar-refractivity contribution in [2.24, 2.45) is 0 Å². The lowest BCUT2D eigenvalue weighted by Crippen LogP contribution is -2.39. The Morgan fingerprint density at radius 1 is 0.769 bits per heavy atom. The van der Waals surface area contributed by atoms with E-state index in [9.17, 15) is 19.3 Å². The van der Waals surface area contributed by atoms with E-state index in [0.717, 1.165) is 0 Å². The zero-order valence-corrected chi connectivity index (χ0v) is 16.9. The van der Waals surface area contributed by atoms with E-state index < -0.39 is 64.0 Å². The number of hydrogen-bond acceptors (Lipinski definition) is 10. The van der Waals surface area contributed by atoms with Crippen LogP contribution in [-0.2, 0) is 36.7 Å². The van der Waals surface area contributed by atoms with Gasteiger partial charge in [0.1, 0.15) is 36.6 Å². The predicted octanol–water partition coefficient (Wildman–Crippen LogP) is 0.746. The van der Waals surface area contributed by atoms with E-state index in [-0.39, 0.29) is 13.2 Å². The van der Waals surface area contributed by atoms with Crippen molar-refractivity contribution in [1.29, 1.82) is 0 Å². The Balaban J connectivity index is 1.85. The molecule has 10 atom stereocenters. The second-order valence-electron chi connectivity index (χ2n) is 7.01. The molecule has 0 aromatic heterocycles. The van der Waals surface area contributed by atoms with Gasteiger partial charge in [-0.05, 0) is 13.8 Å². The Hall–Kier alpha value is 0.140. The average Bonchev–Trinajstić information content (AvgIpc) is 2.95. The van der Waals surface area contributed by atoms with Crippen LogP contribution in [-0.4, -0.2) is 85.6 Å². The molecule has 3 saturated heterocycles. The number of rotatable bonds is 0. The van der Waals surface area contributed by atoms with Gasteiger partial charge in [-0.1, -0.05) is 0 Å². The second kappa shape index (κ2) is 7.52. The quantitative estimate of drug-likeness (QED) is 0.546. The molecule has 12 heteroatoms. The van der Waals surface area contributed by atoms with Crippen LogP contribution in [0.4, 0.5) is 0 Å². The third kappa shape index (κ3) is 4.41. The molecule has 10 nitrogen and oxygen atoms in total. The molecule has 4 unspecified atom stereocenters. The molecule has 3 rings (SSSR count). The van der Waals surface area contributed by atoms with Gasteiger partial charge in [-0.25, -0.2) is 0 Å². The summed E-state index contributed by atoms with van der Waals surface area (Å²) in [6.45, 7) is 5.42. The number of hydrogen-bond donors (Lipinski definition) is 2. The van der Waals surface area contributed by atoms with Crippen molar-refractivity contribution in [3.8, 4) is 0 Å². The van der Waals surface area contributed by atoms with Crippen LogP contribution >= 0.6 is 15.2 Å². The van der Waals surface area contributed by atoms with E-state index in [4.69, 9.17) is 27.6 Å². The SMILES string of the molecule is C[C@@H]1O[C@@H]2COP(C)(=O)O[C@@H]3C(O)[C@H](C)O[C@@H]3COP(C)(=O)O[C@@H]2C1O. The molecular formula is C14H26O10P2. The molecule has 0 spiro atoms. The highest BCUT2D eigenvalue weighted by atomic mass is 31.2. The first-order valence-electron chi connectivity index (χ1n) is 8.47. The van der Waals surface area contributed by atoms with Crippen LogP contribution < -0.4 is 0 Å². The lowest BCUT2D eigenvalue weighted by Gasteiger charge is -2.29. The highest BCUT2D eigenvalue weighted by Gasteiger charge is 2.49. The maximum absolute atomic E-state index is 12.7. The van der Waals surface area contributed by atoms with E-state index in [0.29, 0.717) is 0 Å². The molecule has 0 aromatic carbocycles. The second-order valence-corrected chi connectivity index (χ2v) is 11.0. The van der Waals surface area contributed by atoms with Crippen molar-refractivity contribution in [2.75, 3.05) is 26.5 Å². The molecule has 3 heterocycles. The van der Waals surface area contributed by atoms with Crippen molar-refractivity contribution in [2.45, 2.75) is 62.7 Å². The van der Waals surface area contributed by atoms with Crippen LogP contribution in [0.1, 0.15) is 13.8 Å². The lowest BCUT2D eigenvalue weighted by atomic mass is 10.1.